The van der Waals surface area contributed by atoms with E-state index in [4.69, 9.17) is 4.74 Å². The fourth-order valence-electron chi connectivity index (χ4n) is 4.81. The third-order valence-corrected chi connectivity index (χ3v) is 7.71. The van der Waals surface area contributed by atoms with E-state index in [0.717, 1.165) is 11.1 Å². The van der Waals surface area contributed by atoms with Crippen molar-refractivity contribution in [3.63, 3.8) is 0 Å². The third-order valence-electron chi connectivity index (χ3n) is 6.83. The molecule has 0 saturated carbocycles. The largest absolute Gasteiger partial charge is 0.476 e. The highest BCUT2D eigenvalue weighted by Gasteiger charge is 2.27. The number of ether oxygens (including phenoxy) is 1. The Morgan fingerprint density at radius 1 is 1.16 bits per heavy atom. The van der Waals surface area contributed by atoms with Gasteiger partial charge in [0.2, 0.25) is 5.88 Å². The van der Waals surface area contributed by atoms with Crippen LogP contribution in [0.15, 0.2) is 52.4 Å². The van der Waals surface area contributed by atoms with Crippen LogP contribution in [0.5, 0.6) is 5.88 Å². The lowest BCUT2D eigenvalue weighted by Gasteiger charge is -2.29. The highest BCUT2D eigenvalue weighted by molar-refractivity contribution is 7.13. The lowest BCUT2D eigenvalue weighted by molar-refractivity contribution is 0.0735. The van der Waals surface area contributed by atoms with Gasteiger partial charge in [-0.15, -0.1) is 11.3 Å². The number of piperazine rings is 1. The summed E-state index contributed by atoms with van der Waals surface area (Å²) in [6, 6.07) is 6.20. The predicted molar refractivity (Wildman–Crippen MR) is 163 cm³/mol. The molecular formula is C31H32F2N6O3S. The van der Waals surface area contributed by atoms with Crippen LogP contribution < -0.4 is 15.6 Å². The van der Waals surface area contributed by atoms with Crippen LogP contribution in [0.3, 0.4) is 0 Å². The molecule has 0 radical (unpaired) electrons. The Bertz CT molecular complexity index is 1720. The molecule has 1 N–H and O–H groups in total. The maximum atomic E-state index is 14.4. The van der Waals surface area contributed by atoms with Crippen molar-refractivity contribution in [1.82, 2.24) is 29.7 Å². The topological polar surface area (TPSA) is 102 Å². The number of hydrogen-bond donors (Lipinski definition) is 1. The Morgan fingerprint density at radius 3 is 2.58 bits per heavy atom. The van der Waals surface area contributed by atoms with Crippen molar-refractivity contribution < 1.29 is 18.3 Å². The molecular weight excluding hydrogens is 574 g/mol. The summed E-state index contributed by atoms with van der Waals surface area (Å²) in [6.07, 6.45) is 2.14. The minimum atomic E-state index is -2.68. The van der Waals surface area contributed by atoms with E-state index in [1.165, 1.54) is 34.2 Å². The van der Waals surface area contributed by atoms with Gasteiger partial charge < -0.3 is 15.0 Å². The van der Waals surface area contributed by atoms with Crippen LogP contribution in [0, 0.1) is 6.92 Å². The Morgan fingerprint density at radius 2 is 1.93 bits per heavy atom. The normalized spacial score (nSPS) is 13.3. The first-order valence-electron chi connectivity index (χ1n) is 13.9. The number of carbonyl (C=O) groups is 1. The zero-order chi connectivity index (χ0) is 30.7. The van der Waals surface area contributed by atoms with Crippen molar-refractivity contribution in [3.8, 4) is 33.4 Å². The van der Waals surface area contributed by atoms with Crippen molar-refractivity contribution >= 4 is 23.3 Å². The number of hydrogen-bond acceptors (Lipinski definition) is 8. The molecule has 5 rings (SSSR count). The van der Waals surface area contributed by atoms with Crippen LogP contribution in [0.1, 0.15) is 54.5 Å². The van der Waals surface area contributed by atoms with E-state index in [2.05, 4.69) is 20.3 Å². The first-order chi connectivity index (χ1) is 20.7. The van der Waals surface area contributed by atoms with Crippen molar-refractivity contribution in [3.05, 3.63) is 80.5 Å². The summed E-state index contributed by atoms with van der Waals surface area (Å²) in [6.45, 7) is 10.2. The van der Waals surface area contributed by atoms with Gasteiger partial charge in [0.15, 0.2) is 0 Å². The van der Waals surface area contributed by atoms with E-state index in [1.54, 1.807) is 22.5 Å². The van der Waals surface area contributed by atoms with Crippen LogP contribution in [0.2, 0.25) is 0 Å². The van der Waals surface area contributed by atoms with Gasteiger partial charge in [-0.1, -0.05) is 5.57 Å². The minimum absolute atomic E-state index is 0.203. The summed E-state index contributed by atoms with van der Waals surface area (Å²) in [5.74, 6) is 0.0625. The average molecular weight is 607 g/mol. The lowest BCUT2D eigenvalue weighted by atomic mass is 10.0. The van der Waals surface area contributed by atoms with Gasteiger partial charge in [-0.2, -0.15) is 0 Å². The zero-order valence-electron chi connectivity index (χ0n) is 24.4. The number of aromatic nitrogens is 4. The molecule has 0 atom stereocenters. The van der Waals surface area contributed by atoms with Gasteiger partial charge in [0.25, 0.3) is 17.9 Å². The molecule has 0 bridgehead atoms. The van der Waals surface area contributed by atoms with Gasteiger partial charge in [-0.05, 0) is 63.6 Å². The third kappa shape index (κ3) is 6.40. The standard InChI is InChI=1S/C31H32F2N6O3S/c1-5-42-28-26(13-19(4)15-36-28)39-25(12-18(2)3)21(30(40)38-10-8-34-9-11-38)14-22(31(39)41)29-37-24(17-43-29)20-6-7-23(27(32)33)35-16-20/h6-7,12-17,27,34H,5,8-11H2,1-4H3. The maximum Gasteiger partial charge on any atom is 0.280 e. The molecule has 4 aromatic rings. The monoisotopic (exact) mass is 606 g/mol. The number of thiazole rings is 1. The molecule has 4 aromatic heterocycles. The van der Waals surface area contributed by atoms with Crippen LogP contribution in [-0.2, 0) is 0 Å². The van der Waals surface area contributed by atoms with Crippen molar-refractivity contribution in [1.29, 1.82) is 0 Å². The first-order valence-corrected chi connectivity index (χ1v) is 14.8. The second kappa shape index (κ2) is 12.9. The highest BCUT2D eigenvalue weighted by Crippen LogP contribution is 2.32. The van der Waals surface area contributed by atoms with Gasteiger partial charge in [-0.25, -0.2) is 18.7 Å². The van der Waals surface area contributed by atoms with Crippen LogP contribution in [-0.4, -0.2) is 63.1 Å². The molecule has 1 aliphatic rings. The molecule has 43 heavy (non-hydrogen) atoms. The second-order valence-corrected chi connectivity index (χ2v) is 11.2. The quantitative estimate of drug-likeness (QED) is 0.281. The number of alkyl halides is 2. The van der Waals surface area contributed by atoms with E-state index in [0.29, 0.717) is 66.0 Å². The number of aryl methyl sites for hydroxylation is 1. The maximum absolute atomic E-state index is 14.4. The average Bonchev–Trinajstić information content (AvgIpc) is 3.48. The zero-order valence-corrected chi connectivity index (χ0v) is 25.2. The number of rotatable bonds is 8. The summed E-state index contributed by atoms with van der Waals surface area (Å²) in [4.78, 5) is 43.3. The number of nitrogens with one attached hydrogen (secondary N) is 1. The smallest absolute Gasteiger partial charge is 0.280 e. The number of halogens is 2. The predicted octanol–water partition coefficient (Wildman–Crippen LogP) is 5.53. The lowest BCUT2D eigenvalue weighted by Crippen LogP contribution is -2.47. The fourth-order valence-corrected chi connectivity index (χ4v) is 5.65. The first kappa shape index (κ1) is 30.2. The van der Waals surface area contributed by atoms with Crippen LogP contribution in [0.25, 0.3) is 33.6 Å². The van der Waals surface area contributed by atoms with Crippen LogP contribution >= 0.6 is 11.3 Å². The van der Waals surface area contributed by atoms with Gasteiger partial charge in [-0.3, -0.25) is 19.1 Å². The summed E-state index contributed by atoms with van der Waals surface area (Å²) >= 11 is 1.22. The van der Waals surface area contributed by atoms with E-state index in [1.807, 2.05) is 39.8 Å². The number of amides is 1. The van der Waals surface area contributed by atoms with Crippen LogP contribution in [0.4, 0.5) is 8.78 Å². The molecule has 1 fully saturated rings. The van der Waals surface area contributed by atoms with Gasteiger partial charge in [0, 0.05) is 49.5 Å². The van der Waals surface area contributed by atoms with E-state index in [-0.39, 0.29) is 23.0 Å². The molecule has 12 heteroatoms. The van der Waals surface area contributed by atoms with E-state index >= 15 is 0 Å². The molecule has 1 amide bonds. The molecule has 0 aliphatic carbocycles. The van der Waals surface area contributed by atoms with E-state index < -0.39 is 12.0 Å². The molecule has 0 spiro atoms. The van der Waals surface area contributed by atoms with Crippen molar-refractivity contribution in [2.45, 2.75) is 34.1 Å². The van der Waals surface area contributed by atoms with Gasteiger partial charge >= 0.3 is 0 Å². The molecule has 1 aliphatic heterocycles. The molecule has 0 unspecified atom stereocenters. The summed E-state index contributed by atoms with van der Waals surface area (Å²) in [5, 5.41) is 5.38. The molecule has 1 saturated heterocycles. The summed E-state index contributed by atoms with van der Waals surface area (Å²) in [7, 11) is 0. The number of allylic oxidation sites excluding steroid dienone is 1. The molecule has 9 nitrogen and oxygen atoms in total. The highest BCUT2D eigenvalue weighted by atomic mass is 32.1. The Hall–Kier alpha value is -4.29. The SMILES string of the molecule is CCOc1ncc(C)cc1-n1c(C=C(C)C)c(C(=O)N2CCNCC2)cc(-c2nc(-c3ccc(C(F)F)nc3)cs2)c1=O. The van der Waals surface area contributed by atoms with Crippen molar-refractivity contribution in [2.24, 2.45) is 0 Å². The minimum Gasteiger partial charge on any atom is -0.476 e. The van der Waals surface area contributed by atoms with Gasteiger partial charge in [0.05, 0.1) is 29.1 Å². The number of pyridine rings is 3. The summed E-state index contributed by atoms with van der Waals surface area (Å²) in [5.41, 5.74) is 3.41. The fraction of sp³-hybridized carbons (Fsp3) is 0.323. The molecule has 5 heterocycles. The Kier molecular flexibility index (Phi) is 9.07. The summed E-state index contributed by atoms with van der Waals surface area (Å²) < 4.78 is 33.4. The Balaban J connectivity index is 1.76. The molecule has 0 aromatic carbocycles. The second-order valence-electron chi connectivity index (χ2n) is 10.3. The van der Waals surface area contributed by atoms with Gasteiger partial charge in [0.1, 0.15) is 16.4 Å². The number of nitrogens with zero attached hydrogens (tertiary/aromatic N) is 5. The molecule has 224 valence electrons. The Labute approximate surface area is 251 Å². The van der Waals surface area contributed by atoms with E-state index in [9.17, 15) is 18.4 Å². The van der Waals surface area contributed by atoms with Crippen molar-refractivity contribution in [2.75, 3.05) is 32.8 Å². The number of carbonyl (C=O) groups excluding carboxylic acids is 1.